The molecule has 6 heteroatoms. The van der Waals surface area contributed by atoms with E-state index in [4.69, 9.17) is 0 Å². The molecule has 0 rings (SSSR count). The molecule has 4 nitrogen and oxygen atoms in total. The van der Waals surface area contributed by atoms with Gasteiger partial charge in [-0.15, -0.1) is 0 Å². The van der Waals surface area contributed by atoms with Crippen LogP contribution in [0.15, 0.2) is 0 Å². The first-order valence-electron chi connectivity index (χ1n) is 4.94. The van der Waals surface area contributed by atoms with Gasteiger partial charge in [0.1, 0.15) is 6.61 Å². The van der Waals surface area contributed by atoms with Crippen molar-refractivity contribution in [2.24, 2.45) is 0 Å². The topological polar surface area (TPSA) is 50.4 Å². The van der Waals surface area contributed by atoms with E-state index in [1.807, 2.05) is 7.05 Å². The Bertz CT molecular complexity index is 168. The number of halogens is 2. The molecule has 0 unspecified atom stereocenters. The summed E-state index contributed by atoms with van der Waals surface area (Å²) in [6.45, 7) is 0.867. The van der Waals surface area contributed by atoms with Gasteiger partial charge in [0.05, 0.1) is 6.61 Å². The second-order valence-electron chi connectivity index (χ2n) is 3.02. The first-order chi connectivity index (χ1) is 7.16. The molecule has 0 aromatic rings. The minimum absolute atomic E-state index is 0.0439. The molecule has 0 aliphatic rings. The van der Waals surface area contributed by atoms with E-state index in [0.29, 0.717) is 6.54 Å². The van der Waals surface area contributed by atoms with Gasteiger partial charge in [-0.25, -0.2) is 8.78 Å². The average molecular weight is 224 g/mol. The molecule has 0 aliphatic heterocycles. The minimum Gasteiger partial charge on any atom is -0.375 e. The van der Waals surface area contributed by atoms with Gasteiger partial charge in [-0.05, 0) is 20.0 Å². The van der Waals surface area contributed by atoms with E-state index < -0.39 is 13.0 Å². The first kappa shape index (κ1) is 14.2. The number of amides is 1. The Balaban J connectivity index is 3.19. The maximum Gasteiger partial charge on any atom is 0.261 e. The molecule has 0 spiro atoms. The van der Waals surface area contributed by atoms with Crippen LogP contribution in [0.1, 0.15) is 12.8 Å². The quantitative estimate of drug-likeness (QED) is 0.557. The highest BCUT2D eigenvalue weighted by Crippen LogP contribution is 1.93. The smallest absolute Gasteiger partial charge is 0.261 e. The van der Waals surface area contributed by atoms with E-state index in [1.165, 1.54) is 0 Å². The van der Waals surface area contributed by atoms with Crippen LogP contribution < -0.4 is 10.6 Å². The standard InChI is InChI=1S/C9H18F2N2O2/c1-12-4-2-5-13-9(14)3-6-15-7-8(10)11/h8,12H,2-7H2,1H3,(H,13,14). The zero-order valence-corrected chi connectivity index (χ0v) is 8.89. The van der Waals surface area contributed by atoms with Crippen molar-refractivity contribution >= 4 is 5.91 Å². The molecule has 0 atom stereocenters. The Hall–Kier alpha value is -0.750. The van der Waals surface area contributed by atoms with Gasteiger partial charge in [0.2, 0.25) is 5.91 Å². The highest BCUT2D eigenvalue weighted by atomic mass is 19.3. The molecule has 1 amide bonds. The van der Waals surface area contributed by atoms with Gasteiger partial charge in [-0.2, -0.15) is 0 Å². The fourth-order valence-corrected chi connectivity index (χ4v) is 0.919. The van der Waals surface area contributed by atoms with E-state index in [1.54, 1.807) is 0 Å². The van der Waals surface area contributed by atoms with Crippen molar-refractivity contribution in [1.29, 1.82) is 0 Å². The van der Waals surface area contributed by atoms with Crippen molar-refractivity contribution in [3.05, 3.63) is 0 Å². The second kappa shape index (κ2) is 9.79. The van der Waals surface area contributed by atoms with E-state index in [9.17, 15) is 13.6 Å². The molecule has 15 heavy (non-hydrogen) atoms. The van der Waals surface area contributed by atoms with E-state index in [-0.39, 0.29) is 18.9 Å². The summed E-state index contributed by atoms with van der Waals surface area (Å²) in [5.74, 6) is -0.166. The molecule has 90 valence electrons. The molecule has 0 saturated heterocycles. The number of hydrogen-bond acceptors (Lipinski definition) is 3. The number of alkyl halides is 2. The van der Waals surface area contributed by atoms with Crippen LogP contribution in [-0.2, 0) is 9.53 Å². The van der Waals surface area contributed by atoms with Crippen molar-refractivity contribution in [3.8, 4) is 0 Å². The van der Waals surface area contributed by atoms with Crippen LogP contribution in [-0.4, -0.2) is 45.7 Å². The zero-order chi connectivity index (χ0) is 11.5. The maximum absolute atomic E-state index is 11.6. The van der Waals surface area contributed by atoms with Crippen LogP contribution in [0.4, 0.5) is 8.78 Å². The summed E-state index contributed by atoms with van der Waals surface area (Å²) >= 11 is 0. The normalized spacial score (nSPS) is 10.7. The highest BCUT2D eigenvalue weighted by molar-refractivity contribution is 5.75. The molecule has 0 aromatic heterocycles. The van der Waals surface area contributed by atoms with Crippen LogP contribution in [0.3, 0.4) is 0 Å². The van der Waals surface area contributed by atoms with Gasteiger partial charge in [0.15, 0.2) is 0 Å². The van der Waals surface area contributed by atoms with Crippen molar-refractivity contribution < 1.29 is 18.3 Å². The lowest BCUT2D eigenvalue weighted by Crippen LogP contribution is -2.27. The summed E-state index contributed by atoms with van der Waals surface area (Å²) < 4.78 is 27.8. The molecule has 0 radical (unpaired) electrons. The van der Waals surface area contributed by atoms with Crippen LogP contribution in [0.5, 0.6) is 0 Å². The lowest BCUT2D eigenvalue weighted by molar-refractivity contribution is -0.122. The Morgan fingerprint density at radius 2 is 2.13 bits per heavy atom. The van der Waals surface area contributed by atoms with Crippen molar-refractivity contribution in [1.82, 2.24) is 10.6 Å². The van der Waals surface area contributed by atoms with Gasteiger partial charge >= 0.3 is 0 Å². The maximum atomic E-state index is 11.6. The Morgan fingerprint density at radius 3 is 2.73 bits per heavy atom. The van der Waals surface area contributed by atoms with Gasteiger partial charge < -0.3 is 15.4 Å². The Morgan fingerprint density at radius 1 is 1.40 bits per heavy atom. The number of rotatable bonds is 9. The second-order valence-corrected chi connectivity index (χ2v) is 3.02. The molecule has 2 N–H and O–H groups in total. The molecule has 0 bridgehead atoms. The van der Waals surface area contributed by atoms with E-state index in [0.717, 1.165) is 13.0 Å². The number of hydrogen-bond donors (Lipinski definition) is 2. The number of carbonyl (C=O) groups excluding carboxylic acids is 1. The van der Waals surface area contributed by atoms with Crippen LogP contribution >= 0.6 is 0 Å². The third kappa shape index (κ3) is 11.2. The Labute approximate surface area is 88.4 Å². The molecule has 0 heterocycles. The van der Waals surface area contributed by atoms with Crippen LogP contribution in [0, 0.1) is 0 Å². The number of ether oxygens (including phenoxy) is 1. The molecule has 0 aromatic carbocycles. The highest BCUT2D eigenvalue weighted by Gasteiger charge is 2.04. The first-order valence-corrected chi connectivity index (χ1v) is 4.94. The summed E-state index contributed by atoms with van der Waals surface area (Å²) in [6, 6.07) is 0. The van der Waals surface area contributed by atoms with Gasteiger partial charge in [-0.3, -0.25) is 4.79 Å². The molecule has 0 fully saturated rings. The fourth-order valence-electron chi connectivity index (χ4n) is 0.919. The molecule has 0 saturated carbocycles. The van der Waals surface area contributed by atoms with Crippen molar-refractivity contribution in [3.63, 3.8) is 0 Å². The zero-order valence-electron chi connectivity index (χ0n) is 8.89. The monoisotopic (exact) mass is 224 g/mol. The summed E-state index contributed by atoms with van der Waals surface area (Å²) in [7, 11) is 1.83. The van der Waals surface area contributed by atoms with Crippen LogP contribution in [0.25, 0.3) is 0 Å². The summed E-state index contributed by atoms with van der Waals surface area (Å²) in [5, 5.41) is 5.61. The molecular weight excluding hydrogens is 206 g/mol. The minimum atomic E-state index is -2.47. The summed E-state index contributed by atoms with van der Waals surface area (Å²) in [5.41, 5.74) is 0. The van der Waals surface area contributed by atoms with Gasteiger partial charge in [-0.1, -0.05) is 0 Å². The lowest BCUT2D eigenvalue weighted by atomic mass is 10.4. The lowest BCUT2D eigenvalue weighted by Gasteiger charge is -2.05. The van der Waals surface area contributed by atoms with Gasteiger partial charge in [0.25, 0.3) is 6.43 Å². The third-order valence-electron chi connectivity index (χ3n) is 1.64. The van der Waals surface area contributed by atoms with Crippen molar-refractivity contribution in [2.45, 2.75) is 19.3 Å². The predicted molar refractivity (Wildman–Crippen MR) is 53.0 cm³/mol. The van der Waals surface area contributed by atoms with E-state index in [2.05, 4.69) is 15.4 Å². The Kier molecular flexibility index (Phi) is 9.30. The summed E-state index contributed by atoms with van der Waals surface area (Å²) in [6.07, 6.45) is -1.49. The third-order valence-corrected chi connectivity index (χ3v) is 1.64. The predicted octanol–water partition coefficient (Wildman–Crippen LogP) is 0.384. The molecular formula is C9H18F2N2O2. The summed E-state index contributed by atoms with van der Waals surface area (Å²) in [4.78, 5) is 11.1. The van der Waals surface area contributed by atoms with Crippen LogP contribution in [0.2, 0.25) is 0 Å². The number of carbonyl (C=O) groups is 1. The number of nitrogens with one attached hydrogen (secondary N) is 2. The molecule has 0 aliphatic carbocycles. The van der Waals surface area contributed by atoms with Crippen molar-refractivity contribution in [2.75, 3.05) is 33.4 Å². The SMILES string of the molecule is CNCCCNC(=O)CCOCC(F)F. The average Bonchev–Trinajstić information content (AvgIpc) is 2.19. The van der Waals surface area contributed by atoms with Gasteiger partial charge in [0, 0.05) is 13.0 Å². The van der Waals surface area contributed by atoms with E-state index >= 15 is 0 Å². The largest absolute Gasteiger partial charge is 0.375 e. The fraction of sp³-hybridized carbons (Fsp3) is 0.889.